The molecule has 4 nitrogen and oxygen atoms in total. The second-order valence-electron chi connectivity index (χ2n) is 3.87. The van der Waals surface area contributed by atoms with Gasteiger partial charge in [0.2, 0.25) is 0 Å². The van der Waals surface area contributed by atoms with Gasteiger partial charge < -0.3 is 5.73 Å². The lowest BCUT2D eigenvalue weighted by Gasteiger charge is -2.08. The van der Waals surface area contributed by atoms with Crippen LogP contribution in [0.25, 0.3) is 11.4 Å². The van der Waals surface area contributed by atoms with Gasteiger partial charge >= 0.3 is 0 Å². The Morgan fingerprint density at radius 3 is 2.94 bits per heavy atom. The number of aryl methyl sites for hydroxylation is 2. The number of aromatic nitrogens is 3. The van der Waals surface area contributed by atoms with Gasteiger partial charge in [-0.25, -0.2) is 0 Å². The van der Waals surface area contributed by atoms with Gasteiger partial charge in [-0.15, -0.1) is 0 Å². The lowest BCUT2D eigenvalue weighted by Crippen LogP contribution is -2.03. The highest BCUT2D eigenvalue weighted by Crippen LogP contribution is 2.22. The van der Waals surface area contributed by atoms with Gasteiger partial charge in [-0.2, -0.15) is 5.10 Å². The number of hydrogen-bond acceptors (Lipinski definition) is 3. The van der Waals surface area contributed by atoms with Gasteiger partial charge in [0.05, 0.1) is 23.3 Å². The number of nitrogen functional groups attached to an aromatic ring is 1. The Bertz CT molecular complexity index is 488. The summed E-state index contributed by atoms with van der Waals surface area (Å²) in [6.45, 7) is 5.06. The highest BCUT2D eigenvalue weighted by atomic mass is 15.3. The molecule has 2 heterocycles. The van der Waals surface area contributed by atoms with Gasteiger partial charge in [0.15, 0.2) is 0 Å². The molecule has 0 radical (unpaired) electrons. The zero-order chi connectivity index (χ0) is 11.5. The predicted molar refractivity (Wildman–Crippen MR) is 64.9 cm³/mol. The number of nitrogens with two attached hydrogens (primary N) is 1. The minimum absolute atomic E-state index is 0.697. The fourth-order valence-corrected chi connectivity index (χ4v) is 1.79. The molecule has 0 saturated heterocycles. The van der Waals surface area contributed by atoms with Crippen molar-refractivity contribution in [2.45, 2.75) is 26.8 Å². The van der Waals surface area contributed by atoms with Crippen molar-refractivity contribution in [2.75, 3.05) is 5.73 Å². The van der Waals surface area contributed by atoms with Crippen molar-refractivity contribution in [1.29, 1.82) is 0 Å². The summed E-state index contributed by atoms with van der Waals surface area (Å²) in [6, 6.07) is 3.92. The molecule has 0 fully saturated rings. The Morgan fingerprint density at radius 2 is 2.25 bits per heavy atom. The minimum Gasteiger partial charge on any atom is -0.397 e. The van der Waals surface area contributed by atoms with Crippen LogP contribution in [-0.2, 0) is 6.54 Å². The van der Waals surface area contributed by atoms with Crippen LogP contribution in [0.1, 0.15) is 18.9 Å². The summed E-state index contributed by atoms with van der Waals surface area (Å²) in [7, 11) is 0. The van der Waals surface area contributed by atoms with Crippen molar-refractivity contribution in [3.05, 3.63) is 30.1 Å². The van der Waals surface area contributed by atoms with Crippen LogP contribution in [-0.4, -0.2) is 14.8 Å². The highest BCUT2D eigenvalue weighted by Gasteiger charge is 2.09. The van der Waals surface area contributed by atoms with Crippen molar-refractivity contribution in [2.24, 2.45) is 0 Å². The van der Waals surface area contributed by atoms with Gasteiger partial charge in [0.1, 0.15) is 0 Å². The first kappa shape index (κ1) is 10.7. The average Bonchev–Trinajstić information content (AvgIpc) is 2.67. The Balaban J connectivity index is 2.46. The standard InChI is InChI=1S/C12H16N4/c1-3-6-16-11(4-5-15-16)12-9(2)7-10(13)8-14-12/h4-5,7-8H,3,6,13H2,1-2H3. The van der Waals surface area contributed by atoms with E-state index in [-0.39, 0.29) is 0 Å². The van der Waals surface area contributed by atoms with Gasteiger partial charge in [-0.05, 0) is 31.0 Å². The highest BCUT2D eigenvalue weighted by molar-refractivity contribution is 5.61. The first-order chi connectivity index (χ1) is 7.72. The maximum absolute atomic E-state index is 5.69. The van der Waals surface area contributed by atoms with Gasteiger partial charge in [0, 0.05) is 12.7 Å². The number of nitrogens with zero attached hydrogens (tertiary/aromatic N) is 3. The molecule has 0 amide bonds. The third-order valence-corrected chi connectivity index (χ3v) is 2.49. The summed E-state index contributed by atoms with van der Waals surface area (Å²) < 4.78 is 1.98. The zero-order valence-corrected chi connectivity index (χ0v) is 9.64. The first-order valence-electron chi connectivity index (χ1n) is 5.46. The van der Waals surface area contributed by atoms with Crippen LogP contribution in [0.15, 0.2) is 24.5 Å². The summed E-state index contributed by atoms with van der Waals surface area (Å²) in [5, 5.41) is 4.29. The van der Waals surface area contributed by atoms with Crippen LogP contribution in [0, 0.1) is 6.92 Å². The van der Waals surface area contributed by atoms with E-state index in [4.69, 9.17) is 5.73 Å². The number of anilines is 1. The molecule has 2 aromatic rings. The van der Waals surface area contributed by atoms with E-state index in [9.17, 15) is 0 Å². The predicted octanol–water partition coefficient (Wildman–Crippen LogP) is 2.25. The van der Waals surface area contributed by atoms with E-state index in [1.807, 2.05) is 29.9 Å². The van der Waals surface area contributed by atoms with Crippen LogP contribution in [0.5, 0.6) is 0 Å². The SMILES string of the molecule is CCCn1nccc1-c1ncc(N)cc1C. The Labute approximate surface area is 95.1 Å². The molecule has 0 spiro atoms. The lowest BCUT2D eigenvalue weighted by atomic mass is 10.1. The third kappa shape index (κ3) is 1.91. The normalized spacial score (nSPS) is 10.6. The smallest absolute Gasteiger partial charge is 0.0913 e. The number of pyridine rings is 1. The topological polar surface area (TPSA) is 56.7 Å². The summed E-state index contributed by atoms with van der Waals surface area (Å²) in [5.74, 6) is 0. The molecule has 84 valence electrons. The van der Waals surface area contributed by atoms with Crippen molar-refractivity contribution >= 4 is 5.69 Å². The second kappa shape index (κ2) is 4.35. The largest absolute Gasteiger partial charge is 0.397 e. The summed E-state index contributed by atoms with van der Waals surface area (Å²) in [4.78, 5) is 4.38. The summed E-state index contributed by atoms with van der Waals surface area (Å²) in [6.07, 6.45) is 4.55. The average molecular weight is 216 g/mol. The summed E-state index contributed by atoms with van der Waals surface area (Å²) >= 11 is 0. The van der Waals surface area contributed by atoms with Crippen LogP contribution in [0.4, 0.5) is 5.69 Å². The van der Waals surface area contributed by atoms with Crippen LogP contribution < -0.4 is 5.73 Å². The fraction of sp³-hybridized carbons (Fsp3) is 0.333. The Morgan fingerprint density at radius 1 is 1.44 bits per heavy atom. The monoisotopic (exact) mass is 216 g/mol. The maximum atomic E-state index is 5.69. The van der Waals surface area contributed by atoms with Crippen LogP contribution in [0.2, 0.25) is 0 Å². The minimum atomic E-state index is 0.697. The van der Waals surface area contributed by atoms with E-state index < -0.39 is 0 Å². The Kier molecular flexibility index (Phi) is 2.90. The third-order valence-electron chi connectivity index (χ3n) is 2.49. The molecule has 2 aromatic heterocycles. The molecule has 0 aliphatic rings. The molecule has 0 saturated carbocycles. The molecule has 2 rings (SSSR count). The molecule has 0 unspecified atom stereocenters. The van der Waals surface area contributed by atoms with Crippen molar-refractivity contribution in [3.8, 4) is 11.4 Å². The van der Waals surface area contributed by atoms with E-state index in [0.717, 1.165) is 29.9 Å². The lowest BCUT2D eigenvalue weighted by molar-refractivity contribution is 0.608. The molecule has 0 aromatic carbocycles. The van der Waals surface area contributed by atoms with E-state index in [1.165, 1.54) is 0 Å². The van der Waals surface area contributed by atoms with Crippen LogP contribution >= 0.6 is 0 Å². The number of rotatable bonds is 3. The van der Waals surface area contributed by atoms with Crippen molar-refractivity contribution in [3.63, 3.8) is 0 Å². The molecule has 4 heteroatoms. The number of hydrogen-bond donors (Lipinski definition) is 1. The second-order valence-corrected chi connectivity index (χ2v) is 3.87. The fourth-order valence-electron chi connectivity index (χ4n) is 1.79. The van der Waals surface area contributed by atoms with Gasteiger partial charge in [-0.1, -0.05) is 6.92 Å². The van der Waals surface area contributed by atoms with Crippen LogP contribution in [0.3, 0.4) is 0 Å². The molecule has 0 aliphatic heterocycles. The molecular weight excluding hydrogens is 200 g/mol. The van der Waals surface area contributed by atoms with E-state index in [2.05, 4.69) is 17.0 Å². The molecule has 0 aliphatic carbocycles. The van der Waals surface area contributed by atoms with Crippen molar-refractivity contribution in [1.82, 2.24) is 14.8 Å². The van der Waals surface area contributed by atoms with Gasteiger partial charge in [-0.3, -0.25) is 9.67 Å². The molecule has 2 N–H and O–H groups in total. The first-order valence-corrected chi connectivity index (χ1v) is 5.46. The summed E-state index contributed by atoms with van der Waals surface area (Å²) in [5.41, 5.74) is 9.48. The van der Waals surface area contributed by atoms with Crippen molar-refractivity contribution < 1.29 is 0 Å². The zero-order valence-electron chi connectivity index (χ0n) is 9.64. The Hall–Kier alpha value is -1.84. The quantitative estimate of drug-likeness (QED) is 0.856. The van der Waals surface area contributed by atoms with E-state index >= 15 is 0 Å². The molecular formula is C12H16N4. The van der Waals surface area contributed by atoms with E-state index in [0.29, 0.717) is 5.69 Å². The molecule has 0 atom stereocenters. The molecule has 0 bridgehead atoms. The van der Waals surface area contributed by atoms with E-state index in [1.54, 1.807) is 6.20 Å². The molecule has 16 heavy (non-hydrogen) atoms. The van der Waals surface area contributed by atoms with Gasteiger partial charge in [0.25, 0.3) is 0 Å². The maximum Gasteiger partial charge on any atom is 0.0913 e.